The third-order valence-electron chi connectivity index (χ3n) is 4.40. The highest BCUT2D eigenvalue weighted by atomic mass is 16.3. The number of hydrogen-bond donors (Lipinski definition) is 2. The van der Waals surface area contributed by atoms with E-state index in [2.05, 4.69) is 17.4 Å². The minimum atomic E-state index is -0.233. The summed E-state index contributed by atoms with van der Waals surface area (Å²) in [5, 5.41) is 13.9. The monoisotopic (exact) mass is 231 g/mol. The molecule has 0 radical (unpaired) electrons. The summed E-state index contributed by atoms with van der Waals surface area (Å²) in [6.07, 6.45) is 5.73. The summed E-state index contributed by atoms with van der Waals surface area (Å²) >= 11 is 0. The Bertz CT molecular complexity index is 352. The molecule has 3 rings (SSSR count). The van der Waals surface area contributed by atoms with Crippen molar-refractivity contribution in [2.75, 3.05) is 0 Å². The van der Waals surface area contributed by atoms with E-state index in [0.717, 1.165) is 12.3 Å². The largest absolute Gasteiger partial charge is 0.391 e. The average molecular weight is 231 g/mol. The van der Waals surface area contributed by atoms with Gasteiger partial charge in [-0.3, -0.25) is 0 Å². The molecule has 2 aliphatic rings. The fraction of sp³-hybridized carbons (Fsp3) is 0.600. The van der Waals surface area contributed by atoms with Crippen molar-refractivity contribution in [1.29, 1.82) is 0 Å². The zero-order chi connectivity index (χ0) is 11.7. The maximum atomic E-state index is 10.3. The van der Waals surface area contributed by atoms with Crippen molar-refractivity contribution in [1.82, 2.24) is 5.32 Å². The lowest BCUT2D eigenvalue weighted by molar-refractivity contribution is 0.131. The molecule has 2 nitrogen and oxygen atoms in total. The Labute approximate surface area is 103 Å². The molecule has 17 heavy (non-hydrogen) atoms. The van der Waals surface area contributed by atoms with Crippen LogP contribution in [-0.2, 0) is 6.42 Å². The van der Waals surface area contributed by atoms with Gasteiger partial charge in [0.15, 0.2) is 0 Å². The first-order valence-electron chi connectivity index (χ1n) is 6.81. The van der Waals surface area contributed by atoms with Gasteiger partial charge in [0, 0.05) is 12.1 Å². The highest BCUT2D eigenvalue weighted by molar-refractivity contribution is 5.16. The van der Waals surface area contributed by atoms with Crippen molar-refractivity contribution in [2.45, 2.75) is 50.3 Å². The predicted molar refractivity (Wildman–Crippen MR) is 68.8 cm³/mol. The van der Waals surface area contributed by atoms with Crippen LogP contribution >= 0.6 is 0 Å². The smallest absolute Gasteiger partial charge is 0.0733 e. The second-order valence-corrected chi connectivity index (χ2v) is 5.56. The van der Waals surface area contributed by atoms with Gasteiger partial charge >= 0.3 is 0 Å². The van der Waals surface area contributed by atoms with Gasteiger partial charge in [0.05, 0.1) is 6.10 Å². The summed E-state index contributed by atoms with van der Waals surface area (Å²) in [5.74, 6) is 0.824. The number of hydrogen-bond acceptors (Lipinski definition) is 2. The molecular formula is C15H21NO. The van der Waals surface area contributed by atoms with Crippen molar-refractivity contribution in [2.24, 2.45) is 5.92 Å². The van der Waals surface area contributed by atoms with E-state index in [1.165, 1.54) is 31.2 Å². The first-order chi connectivity index (χ1) is 8.33. The Morgan fingerprint density at radius 1 is 1.24 bits per heavy atom. The van der Waals surface area contributed by atoms with Gasteiger partial charge in [0.1, 0.15) is 0 Å². The molecule has 0 unspecified atom stereocenters. The van der Waals surface area contributed by atoms with E-state index >= 15 is 0 Å². The topological polar surface area (TPSA) is 32.3 Å². The SMILES string of the molecule is O[C@H](Cc1ccccc1)[C@@H]1C[C@H]2CCC[C@H]2N1. The van der Waals surface area contributed by atoms with Crippen LogP contribution in [0.3, 0.4) is 0 Å². The molecule has 1 saturated carbocycles. The van der Waals surface area contributed by atoms with Gasteiger partial charge in [-0.2, -0.15) is 0 Å². The van der Waals surface area contributed by atoms with Crippen molar-refractivity contribution in [3.05, 3.63) is 35.9 Å². The Balaban J connectivity index is 1.58. The normalized spacial score (nSPS) is 33.6. The van der Waals surface area contributed by atoms with Crippen molar-refractivity contribution in [3.8, 4) is 0 Å². The molecule has 1 saturated heterocycles. The Morgan fingerprint density at radius 3 is 2.82 bits per heavy atom. The first kappa shape index (κ1) is 11.2. The zero-order valence-electron chi connectivity index (χ0n) is 10.2. The predicted octanol–water partition coefficient (Wildman–Crippen LogP) is 2.12. The quantitative estimate of drug-likeness (QED) is 0.835. The Hall–Kier alpha value is -0.860. The molecule has 0 bridgehead atoms. The van der Waals surface area contributed by atoms with Gasteiger partial charge in [0.2, 0.25) is 0 Å². The fourth-order valence-corrected chi connectivity index (χ4v) is 3.47. The molecule has 0 aromatic heterocycles. The van der Waals surface area contributed by atoms with E-state index in [4.69, 9.17) is 0 Å². The lowest BCUT2D eigenvalue weighted by atomic mass is 9.96. The standard InChI is InChI=1S/C15H21NO/c17-15(9-11-5-2-1-3-6-11)14-10-12-7-4-8-13(12)16-14/h1-3,5-6,12-17H,4,7-10H2/t12-,13-,14+,15-/m1/s1. The minimum absolute atomic E-state index is 0.233. The van der Waals surface area contributed by atoms with Crippen molar-refractivity contribution >= 4 is 0 Å². The second kappa shape index (κ2) is 4.79. The molecule has 2 heteroatoms. The number of benzene rings is 1. The van der Waals surface area contributed by atoms with Crippen LogP contribution in [0.25, 0.3) is 0 Å². The lowest BCUT2D eigenvalue weighted by Crippen LogP contribution is -2.39. The number of rotatable bonds is 3. The second-order valence-electron chi connectivity index (χ2n) is 5.56. The summed E-state index contributed by atoms with van der Waals surface area (Å²) < 4.78 is 0. The fourth-order valence-electron chi connectivity index (χ4n) is 3.47. The van der Waals surface area contributed by atoms with Crippen LogP contribution in [0, 0.1) is 5.92 Å². The van der Waals surface area contributed by atoms with E-state index in [1.54, 1.807) is 0 Å². The molecule has 92 valence electrons. The molecule has 2 N–H and O–H groups in total. The van der Waals surface area contributed by atoms with Crippen LogP contribution in [-0.4, -0.2) is 23.3 Å². The summed E-state index contributed by atoms with van der Waals surface area (Å²) in [7, 11) is 0. The van der Waals surface area contributed by atoms with Gasteiger partial charge in [-0.15, -0.1) is 0 Å². The van der Waals surface area contributed by atoms with Gasteiger partial charge in [0.25, 0.3) is 0 Å². The molecule has 1 aromatic rings. The number of aliphatic hydroxyl groups excluding tert-OH is 1. The van der Waals surface area contributed by atoms with E-state index in [9.17, 15) is 5.11 Å². The first-order valence-corrected chi connectivity index (χ1v) is 6.81. The van der Waals surface area contributed by atoms with Gasteiger partial charge in [-0.25, -0.2) is 0 Å². The van der Waals surface area contributed by atoms with Crippen LogP contribution in [0.15, 0.2) is 30.3 Å². The molecule has 0 spiro atoms. The Morgan fingerprint density at radius 2 is 2.06 bits per heavy atom. The van der Waals surface area contributed by atoms with E-state index in [1.807, 2.05) is 18.2 Å². The third kappa shape index (κ3) is 2.38. The molecule has 1 aromatic carbocycles. The van der Waals surface area contributed by atoms with Crippen LogP contribution in [0.4, 0.5) is 0 Å². The summed E-state index contributed by atoms with van der Waals surface area (Å²) in [6.45, 7) is 0. The van der Waals surface area contributed by atoms with Crippen molar-refractivity contribution in [3.63, 3.8) is 0 Å². The van der Waals surface area contributed by atoms with Crippen LogP contribution < -0.4 is 5.32 Å². The number of fused-ring (bicyclic) bond motifs is 1. The minimum Gasteiger partial charge on any atom is -0.391 e. The van der Waals surface area contributed by atoms with Crippen LogP contribution in [0.2, 0.25) is 0 Å². The summed E-state index contributed by atoms with van der Waals surface area (Å²) in [4.78, 5) is 0. The van der Waals surface area contributed by atoms with Crippen molar-refractivity contribution < 1.29 is 5.11 Å². The van der Waals surface area contributed by atoms with Gasteiger partial charge in [-0.05, 0) is 37.2 Å². The lowest BCUT2D eigenvalue weighted by Gasteiger charge is -2.20. The molecule has 1 aliphatic heterocycles. The zero-order valence-corrected chi connectivity index (χ0v) is 10.2. The average Bonchev–Trinajstić information content (AvgIpc) is 2.90. The van der Waals surface area contributed by atoms with Gasteiger partial charge < -0.3 is 10.4 Å². The third-order valence-corrected chi connectivity index (χ3v) is 4.40. The van der Waals surface area contributed by atoms with E-state index in [0.29, 0.717) is 12.1 Å². The summed E-state index contributed by atoms with van der Waals surface area (Å²) in [6, 6.07) is 11.3. The molecule has 1 heterocycles. The van der Waals surface area contributed by atoms with Gasteiger partial charge in [-0.1, -0.05) is 36.8 Å². The molecular weight excluding hydrogens is 210 g/mol. The highest BCUT2D eigenvalue weighted by Gasteiger charge is 2.39. The maximum absolute atomic E-state index is 10.3. The van der Waals surface area contributed by atoms with Crippen LogP contribution in [0.5, 0.6) is 0 Å². The Kier molecular flexibility index (Phi) is 3.17. The molecule has 2 fully saturated rings. The highest BCUT2D eigenvalue weighted by Crippen LogP contribution is 2.35. The number of aliphatic hydroxyl groups is 1. The van der Waals surface area contributed by atoms with Crippen LogP contribution in [0.1, 0.15) is 31.2 Å². The molecule has 0 amide bonds. The number of nitrogens with one attached hydrogen (secondary N) is 1. The summed E-state index contributed by atoms with van der Waals surface area (Å²) in [5.41, 5.74) is 1.24. The maximum Gasteiger partial charge on any atom is 0.0733 e. The van der Waals surface area contributed by atoms with E-state index < -0.39 is 0 Å². The molecule has 1 aliphatic carbocycles. The van der Waals surface area contributed by atoms with E-state index in [-0.39, 0.29) is 6.10 Å². The molecule has 4 atom stereocenters.